The zero-order valence-corrected chi connectivity index (χ0v) is 11.8. The molecule has 1 N–H and O–H groups in total. The van der Waals surface area contributed by atoms with Crippen LogP contribution in [0.2, 0.25) is 0 Å². The zero-order valence-electron chi connectivity index (χ0n) is 11.8. The Morgan fingerprint density at radius 3 is 2.50 bits per heavy atom. The Hall–Kier alpha value is -2.07. The Morgan fingerprint density at radius 2 is 1.85 bits per heavy atom. The number of ether oxygens (including phenoxy) is 1. The van der Waals surface area contributed by atoms with E-state index in [9.17, 15) is 9.50 Å². The summed E-state index contributed by atoms with van der Waals surface area (Å²) in [4.78, 5) is 1.69. The summed E-state index contributed by atoms with van der Waals surface area (Å²) in [7, 11) is 3.33. The lowest BCUT2D eigenvalue weighted by atomic mass is 10.1. The highest BCUT2D eigenvalue weighted by Crippen LogP contribution is 2.37. The fourth-order valence-corrected chi connectivity index (χ4v) is 2.25. The molecule has 2 rings (SSSR count). The fourth-order valence-electron chi connectivity index (χ4n) is 2.25. The highest BCUT2D eigenvalue weighted by Gasteiger charge is 2.19. The van der Waals surface area contributed by atoms with E-state index in [-0.39, 0.29) is 5.82 Å². The standard InChI is InChI=1S/C16H18FNO2/c1-11(19)12-7-6-8-13(17)16(12)18(2)14-9-4-5-10-15(14)20-3/h4-11,19H,1-3H3/t11-/m1/s1. The quantitative estimate of drug-likeness (QED) is 0.924. The number of aliphatic hydroxyl groups excluding tert-OH is 1. The minimum Gasteiger partial charge on any atom is -0.495 e. The predicted molar refractivity (Wildman–Crippen MR) is 78.1 cm³/mol. The molecule has 3 nitrogen and oxygen atoms in total. The van der Waals surface area contributed by atoms with Crippen LogP contribution in [0.3, 0.4) is 0 Å². The van der Waals surface area contributed by atoms with E-state index >= 15 is 0 Å². The molecule has 0 amide bonds. The van der Waals surface area contributed by atoms with Gasteiger partial charge in [-0.15, -0.1) is 0 Å². The number of hydrogen-bond donors (Lipinski definition) is 1. The van der Waals surface area contributed by atoms with Crippen molar-refractivity contribution in [1.82, 2.24) is 0 Å². The largest absolute Gasteiger partial charge is 0.495 e. The number of anilines is 2. The van der Waals surface area contributed by atoms with Gasteiger partial charge in [-0.3, -0.25) is 0 Å². The molecule has 0 radical (unpaired) electrons. The molecule has 2 aromatic rings. The normalized spacial score (nSPS) is 12.1. The topological polar surface area (TPSA) is 32.7 Å². The molecular formula is C16H18FNO2. The van der Waals surface area contributed by atoms with Crippen molar-refractivity contribution in [3.8, 4) is 5.75 Å². The van der Waals surface area contributed by atoms with Crippen molar-refractivity contribution < 1.29 is 14.2 Å². The monoisotopic (exact) mass is 275 g/mol. The van der Waals surface area contributed by atoms with Gasteiger partial charge in [0.05, 0.1) is 24.6 Å². The summed E-state index contributed by atoms with van der Waals surface area (Å²) in [6, 6.07) is 12.1. The summed E-state index contributed by atoms with van der Waals surface area (Å²) in [5.41, 5.74) is 1.63. The van der Waals surface area contributed by atoms with Gasteiger partial charge in [0, 0.05) is 12.6 Å². The highest BCUT2D eigenvalue weighted by molar-refractivity contribution is 5.71. The van der Waals surface area contributed by atoms with Gasteiger partial charge >= 0.3 is 0 Å². The van der Waals surface area contributed by atoms with Crippen molar-refractivity contribution in [2.75, 3.05) is 19.1 Å². The van der Waals surface area contributed by atoms with E-state index in [1.54, 1.807) is 38.1 Å². The van der Waals surface area contributed by atoms with Gasteiger partial charge in [0.25, 0.3) is 0 Å². The van der Waals surface area contributed by atoms with Crippen LogP contribution >= 0.6 is 0 Å². The maximum atomic E-state index is 14.2. The molecule has 0 bridgehead atoms. The minimum absolute atomic E-state index is 0.354. The molecule has 0 aliphatic rings. The third-order valence-corrected chi connectivity index (χ3v) is 3.25. The van der Waals surface area contributed by atoms with Gasteiger partial charge in [-0.05, 0) is 25.1 Å². The Balaban J connectivity index is 2.56. The van der Waals surface area contributed by atoms with Crippen LogP contribution in [0.25, 0.3) is 0 Å². The average molecular weight is 275 g/mol. The molecule has 2 aromatic carbocycles. The van der Waals surface area contributed by atoms with Gasteiger partial charge in [-0.25, -0.2) is 4.39 Å². The lowest BCUT2D eigenvalue weighted by Gasteiger charge is -2.25. The summed E-state index contributed by atoms with van der Waals surface area (Å²) in [6.07, 6.45) is -0.752. The molecule has 0 aromatic heterocycles. The molecule has 106 valence electrons. The number of hydrogen-bond acceptors (Lipinski definition) is 3. The molecule has 0 fully saturated rings. The molecule has 0 saturated carbocycles. The third-order valence-electron chi connectivity index (χ3n) is 3.25. The number of benzene rings is 2. The Kier molecular flexibility index (Phi) is 4.25. The molecule has 0 spiro atoms. The van der Waals surface area contributed by atoms with Crippen molar-refractivity contribution in [2.45, 2.75) is 13.0 Å². The van der Waals surface area contributed by atoms with Gasteiger partial charge in [0.2, 0.25) is 0 Å². The molecule has 0 unspecified atom stereocenters. The maximum absolute atomic E-state index is 14.2. The lowest BCUT2D eigenvalue weighted by molar-refractivity contribution is 0.199. The van der Waals surface area contributed by atoms with Crippen LogP contribution in [0.4, 0.5) is 15.8 Å². The Morgan fingerprint density at radius 1 is 1.15 bits per heavy atom. The van der Waals surface area contributed by atoms with Crippen LogP contribution in [0, 0.1) is 5.82 Å². The second-order valence-electron chi connectivity index (χ2n) is 4.58. The number of rotatable bonds is 4. The SMILES string of the molecule is COc1ccccc1N(C)c1c(F)cccc1[C@@H](C)O. The maximum Gasteiger partial charge on any atom is 0.147 e. The van der Waals surface area contributed by atoms with Crippen molar-refractivity contribution in [1.29, 1.82) is 0 Å². The molecule has 20 heavy (non-hydrogen) atoms. The van der Waals surface area contributed by atoms with E-state index in [1.807, 2.05) is 24.3 Å². The summed E-state index contributed by atoms with van der Waals surface area (Å²) in [5, 5.41) is 9.83. The molecular weight excluding hydrogens is 257 g/mol. The highest BCUT2D eigenvalue weighted by atomic mass is 19.1. The molecule has 4 heteroatoms. The first-order valence-electron chi connectivity index (χ1n) is 6.39. The van der Waals surface area contributed by atoms with Gasteiger partial charge in [-0.1, -0.05) is 24.3 Å². The second-order valence-corrected chi connectivity index (χ2v) is 4.58. The molecule has 0 aliphatic carbocycles. The van der Waals surface area contributed by atoms with Crippen molar-refractivity contribution in [3.05, 3.63) is 53.8 Å². The van der Waals surface area contributed by atoms with Gasteiger partial charge in [0.15, 0.2) is 0 Å². The fraction of sp³-hybridized carbons (Fsp3) is 0.250. The Bertz CT molecular complexity index is 599. The average Bonchev–Trinajstić information content (AvgIpc) is 2.46. The first kappa shape index (κ1) is 14.3. The van der Waals surface area contributed by atoms with E-state index in [4.69, 9.17) is 4.74 Å². The Labute approximate surface area is 118 Å². The predicted octanol–water partition coefficient (Wildman–Crippen LogP) is 3.66. The lowest BCUT2D eigenvalue weighted by Crippen LogP contribution is -2.15. The van der Waals surface area contributed by atoms with Gasteiger partial charge in [-0.2, -0.15) is 0 Å². The minimum atomic E-state index is -0.752. The molecule has 0 heterocycles. The van der Waals surface area contributed by atoms with Crippen LogP contribution in [-0.2, 0) is 0 Å². The second kappa shape index (κ2) is 5.92. The number of aliphatic hydroxyl groups is 1. The molecule has 0 saturated heterocycles. The number of nitrogens with zero attached hydrogens (tertiary/aromatic N) is 1. The molecule has 0 aliphatic heterocycles. The van der Waals surface area contributed by atoms with E-state index < -0.39 is 6.10 Å². The summed E-state index contributed by atoms with van der Waals surface area (Å²) >= 11 is 0. The molecule has 1 atom stereocenters. The van der Waals surface area contributed by atoms with Crippen molar-refractivity contribution in [3.63, 3.8) is 0 Å². The van der Waals surface area contributed by atoms with Crippen LogP contribution < -0.4 is 9.64 Å². The third kappa shape index (κ3) is 2.60. The van der Waals surface area contributed by atoms with Gasteiger partial charge in [0.1, 0.15) is 11.6 Å². The number of methoxy groups -OCH3 is 1. The van der Waals surface area contributed by atoms with E-state index in [2.05, 4.69) is 0 Å². The zero-order chi connectivity index (χ0) is 14.7. The van der Waals surface area contributed by atoms with Crippen molar-refractivity contribution >= 4 is 11.4 Å². The first-order chi connectivity index (χ1) is 9.56. The first-order valence-corrected chi connectivity index (χ1v) is 6.39. The van der Waals surface area contributed by atoms with Crippen LogP contribution in [0.5, 0.6) is 5.75 Å². The summed E-state index contributed by atoms with van der Waals surface area (Å²) in [5.74, 6) is 0.270. The number of halogens is 1. The summed E-state index contributed by atoms with van der Waals surface area (Å²) in [6.45, 7) is 1.62. The van der Waals surface area contributed by atoms with E-state index in [1.165, 1.54) is 6.07 Å². The van der Waals surface area contributed by atoms with Gasteiger partial charge < -0.3 is 14.7 Å². The van der Waals surface area contributed by atoms with Crippen LogP contribution in [0.1, 0.15) is 18.6 Å². The van der Waals surface area contributed by atoms with Crippen LogP contribution in [-0.4, -0.2) is 19.3 Å². The van der Waals surface area contributed by atoms with Crippen molar-refractivity contribution in [2.24, 2.45) is 0 Å². The van der Waals surface area contributed by atoms with Crippen LogP contribution in [0.15, 0.2) is 42.5 Å². The number of para-hydroxylation sites is 3. The summed E-state index contributed by atoms with van der Waals surface area (Å²) < 4.78 is 19.5. The van der Waals surface area contributed by atoms with E-state index in [0.29, 0.717) is 17.0 Å². The smallest absolute Gasteiger partial charge is 0.147 e. The van der Waals surface area contributed by atoms with E-state index in [0.717, 1.165) is 5.69 Å².